The maximum atomic E-state index is 13.7. The van der Waals surface area contributed by atoms with Crippen LogP contribution in [0.5, 0.6) is 11.5 Å². The lowest BCUT2D eigenvalue weighted by Gasteiger charge is -2.31. The van der Waals surface area contributed by atoms with Crippen LogP contribution in [0, 0.1) is 5.82 Å². The Morgan fingerprint density at radius 1 is 0.921 bits per heavy atom. The Morgan fingerprint density at radius 2 is 1.71 bits per heavy atom. The summed E-state index contributed by atoms with van der Waals surface area (Å²) in [5.41, 5.74) is 1.19. The Labute approximate surface area is 220 Å². The molecule has 1 saturated heterocycles. The van der Waals surface area contributed by atoms with E-state index in [0.29, 0.717) is 49.1 Å². The summed E-state index contributed by atoms with van der Waals surface area (Å²) in [7, 11) is 0. The van der Waals surface area contributed by atoms with Crippen LogP contribution in [0.2, 0.25) is 0 Å². The van der Waals surface area contributed by atoms with Crippen molar-refractivity contribution in [3.63, 3.8) is 0 Å². The molecule has 0 aliphatic carbocycles. The number of hydrogen-bond donors (Lipinski definition) is 0. The fourth-order valence-electron chi connectivity index (χ4n) is 4.45. The van der Waals surface area contributed by atoms with Crippen LogP contribution in [0.3, 0.4) is 0 Å². The van der Waals surface area contributed by atoms with Crippen molar-refractivity contribution in [2.75, 3.05) is 52.7 Å². The van der Waals surface area contributed by atoms with Crippen LogP contribution >= 0.6 is 0 Å². The van der Waals surface area contributed by atoms with Gasteiger partial charge in [0, 0.05) is 38.3 Å². The lowest BCUT2D eigenvalue weighted by Crippen LogP contribution is -2.47. The molecule has 0 saturated carbocycles. The van der Waals surface area contributed by atoms with Gasteiger partial charge >= 0.3 is 0 Å². The van der Waals surface area contributed by atoms with Gasteiger partial charge in [0.05, 0.1) is 26.0 Å². The Morgan fingerprint density at radius 3 is 2.47 bits per heavy atom. The first-order valence-electron chi connectivity index (χ1n) is 12.6. The first kappa shape index (κ1) is 25.7. The fraction of sp³-hybridized carbons (Fsp3) is 0.357. The molecule has 1 fully saturated rings. The molecular formula is C28H30FN3O6. The number of ether oxygens (including phenoxy) is 3. The maximum absolute atomic E-state index is 13.7. The predicted octanol–water partition coefficient (Wildman–Crippen LogP) is 3.15. The molecule has 0 radical (unpaired) electrons. The Hall–Kier alpha value is -3.89. The minimum absolute atomic E-state index is 0.108. The molecule has 2 aliphatic rings. The highest BCUT2D eigenvalue weighted by Crippen LogP contribution is 2.32. The Kier molecular flexibility index (Phi) is 8.20. The summed E-state index contributed by atoms with van der Waals surface area (Å²) in [6.07, 6.45) is 1.55. The van der Waals surface area contributed by atoms with E-state index < -0.39 is 0 Å². The van der Waals surface area contributed by atoms with E-state index in [2.05, 4.69) is 4.90 Å². The second-order valence-corrected chi connectivity index (χ2v) is 9.20. The molecule has 0 unspecified atom stereocenters. The van der Waals surface area contributed by atoms with Crippen LogP contribution in [0.1, 0.15) is 21.7 Å². The van der Waals surface area contributed by atoms with Gasteiger partial charge in [-0.05, 0) is 48.0 Å². The van der Waals surface area contributed by atoms with Crippen molar-refractivity contribution in [1.29, 1.82) is 0 Å². The topological polar surface area (TPSA) is 84.7 Å². The third-order valence-corrected chi connectivity index (χ3v) is 6.59. The van der Waals surface area contributed by atoms with Crippen LogP contribution in [0.4, 0.5) is 4.39 Å². The van der Waals surface area contributed by atoms with Crippen molar-refractivity contribution in [3.05, 3.63) is 83.6 Å². The van der Waals surface area contributed by atoms with E-state index in [1.807, 2.05) is 0 Å². The smallest absolute Gasteiger partial charge is 0.254 e. The molecule has 38 heavy (non-hydrogen) atoms. The molecule has 200 valence electrons. The van der Waals surface area contributed by atoms with Crippen molar-refractivity contribution in [2.45, 2.75) is 13.1 Å². The minimum Gasteiger partial charge on any atom is -0.467 e. The molecule has 3 heterocycles. The number of hydrogen-bond acceptors (Lipinski definition) is 7. The number of halogens is 1. The number of nitrogens with zero attached hydrogens (tertiary/aromatic N) is 3. The summed E-state index contributed by atoms with van der Waals surface area (Å²) in [6, 6.07) is 14.6. The molecule has 9 nitrogen and oxygen atoms in total. The quantitative estimate of drug-likeness (QED) is 0.404. The molecule has 0 N–H and O–H groups in total. The molecule has 0 bridgehead atoms. The first-order valence-corrected chi connectivity index (χ1v) is 12.6. The van der Waals surface area contributed by atoms with Crippen LogP contribution in [0.25, 0.3) is 0 Å². The predicted molar refractivity (Wildman–Crippen MR) is 135 cm³/mol. The lowest BCUT2D eigenvalue weighted by atomic mass is 10.1. The van der Waals surface area contributed by atoms with Gasteiger partial charge < -0.3 is 28.4 Å². The normalized spacial score (nSPS) is 14.9. The molecule has 0 atom stereocenters. The highest BCUT2D eigenvalue weighted by atomic mass is 19.1. The molecule has 5 rings (SSSR count). The molecule has 0 spiro atoms. The second-order valence-electron chi connectivity index (χ2n) is 9.20. The fourth-order valence-corrected chi connectivity index (χ4v) is 4.45. The summed E-state index contributed by atoms with van der Waals surface area (Å²) in [5, 5.41) is 0. The van der Waals surface area contributed by atoms with Gasteiger partial charge in [0.1, 0.15) is 18.1 Å². The maximum Gasteiger partial charge on any atom is 0.254 e. The van der Waals surface area contributed by atoms with Gasteiger partial charge in [0.2, 0.25) is 12.7 Å². The monoisotopic (exact) mass is 523 g/mol. The van der Waals surface area contributed by atoms with Gasteiger partial charge in [-0.1, -0.05) is 12.1 Å². The molecule has 2 aliphatic heterocycles. The number of fused-ring (bicyclic) bond motifs is 1. The van der Waals surface area contributed by atoms with E-state index in [-0.39, 0.29) is 44.1 Å². The van der Waals surface area contributed by atoms with Crippen LogP contribution < -0.4 is 9.47 Å². The number of morpholine rings is 1. The summed E-state index contributed by atoms with van der Waals surface area (Å²) in [5.74, 6) is 0.836. The van der Waals surface area contributed by atoms with Crippen molar-refractivity contribution in [1.82, 2.24) is 14.7 Å². The molecule has 2 amide bonds. The zero-order valence-corrected chi connectivity index (χ0v) is 21.0. The number of rotatable bonds is 10. The highest BCUT2D eigenvalue weighted by Gasteiger charge is 2.26. The third kappa shape index (κ3) is 6.51. The SMILES string of the molecule is O=C(CN(CCN1CCOCC1)C(=O)c1ccc2c(c1)OCO2)N(Cc1ccc(F)cc1)Cc1ccco1. The average molecular weight is 524 g/mol. The minimum atomic E-state index is -0.346. The van der Waals surface area contributed by atoms with E-state index in [1.54, 1.807) is 58.5 Å². The van der Waals surface area contributed by atoms with Crippen molar-refractivity contribution in [3.8, 4) is 11.5 Å². The number of furan rings is 1. The molecule has 10 heteroatoms. The van der Waals surface area contributed by atoms with Gasteiger partial charge in [-0.3, -0.25) is 14.5 Å². The Bertz CT molecular complexity index is 1230. The zero-order valence-electron chi connectivity index (χ0n) is 21.0. The largest absolute Gasteiger partial charge is 0.467 e. The van der Waals surface area contributed by atoms with E-state index >= 15 is 0 Å². The molecule has 3 aromatic rings. The average Bonchev–Trinajstić information content (AvgIpc) is 3.63. The Balaban J connectivity index is 1.34. The molecular weight excluding hydrogens is 493 g/mol. The number of benzene rings is 2. The lowest BCUT2D eigenvalue weighted by molar-refractivity contribution is -0.133. The van der Waals surface area contributed by atoms with Gasteiger partial charge in [0.15, 0.2) is 11.5 Å². The van der Waals surface area contributed by atoms with E-state index in [9.17, 15) is 14.0 Å². The summed E-state index contributed by atoms with van der Waals surface area (Å²) < 4.78 is 35.2. The number of carbonyl (C=O) groups excluding carboxylic acids is 2. The van der Waals surface area contributed by atoms with Gasteiger partial charge in [-0.15, -0.1) is 0 Å². The van der Waals surface area contributed by atoms with Gasteiger partial charge in [0.25, 0.3) is 5.91 Å². The van der Waals surface area contributed by atoms with E-state index in [0.717, 1.165) is 18.7 Å². The standard InChI is InChI=1S/C28H30FN3O6/c29-23-6-3-21(4-7-23)17-32(18-24-2-1-13-36-24)27(33)19-31(10-9-30-11-14-35-15-12-30)28(34)22-5-8-25-26(16-22)38-20-37-25/h1-8,13,16H,9-12,14-15,17-20H2. The number of amides is 2. The third-order valence-electron chi connectivity index (χ3n) is 6.59. The van der Waals surface area contributed by atoms with Crippen LogP contribution in [-0.2, 0) is 22.6 Å². The van der Waals surface area contributed by atoms with Crippen LogP contribution in [-0.4, -0.2) is 79.2 Å². The second kappa shape index (κ2) is 12.1. The highest BCUT2D eigenvalue weighted by molar-refractivity contribution is 5.97. The summed E-state index contributed by atoms with van der Waals surface area (Å²) in [4.78, 5) is 32.7. The van der Waals surface area contributed by atoms with E-state index in [4.69, 9.17) is 18.6 Å². The number of carbonyl (C=O) groups is 2. The molecule has 1 aromatic heterocycles. The summed E-state index contributed by atoms with van der Waals surface area (Å²) in [6.45, 7) is 4.26. The van der Waals surface area contributed by atoms with Crippen molar-refractivity contribution in [2.24, 2.45) is 0 Å². The van der Waals surface area contributed by atoms with Crippen LogP contribution in [0.15, 0.2) is 65.3 Å². The van der Waals surface area contributed by atoms with Crippen molar-refractivity contribution >= 4 is 11.8 Å². The van der Waals surface area contributed by atoms with Crippen molar-refractivity contribution < 1.29 is 32.6 Å². The van der Waals surface area contributed by atoms with Gasteiger partial charge in [-0.2, -0.15) is 0 Å². The summed E-state index contributed by atoms with van der Waals surface area (Å²) >= 11 is 0. The van der Waals surface area contributed by atoms with E-state index in [1.165, 1.54) is 12.1 Å². The molecule has 2 aromatic carbocycles. The first-order chi connectivity index (χ1) is 18.5. The zero-order chi connectivity index (χ0) is 26.3. The van der Waals surface area contributed by atoms with Gasteiger partial charge in [-0.25, -0.2) is 4.39 Å².